The number of carboxylic acid groups (broad SMARTS) is 1. The SMILES string of the molecule is CCCCC(C(=O)O)[N+]1=C(/C=C/C2=C(Cl)C(=C/O)/CCC2)C(C)(C)c2cc(S(=O)(=O)O)ccc21. The minimum absolute atomic E-state index is 0.235. The minimum atomic E-state index is -4.42. The Bertz CT molecular complexity index is 1220. The molecule has 3 rings (SSSR count). The van der Waals surface area contributed by atoms with Gasteiger partial charge in [-0.2, -0.15) is 13.0 Å². The van der Waals surface area contributed by atoms with Gasteiger partial charge in [-0.3, -0.25) is 4.55 Å². The van der Waals surface area contributed by atoms with E-state index in [1.54, 1.807) is 10.6 Å². The van der Waals surface area contributed by atoms with Crippen LogP contribution in [0.3, 0.4) is 0 Å². The quantitative estimate of drug-likeness (QED) is 0.238. The highest BCUT2D eigenvalue weighted by Gasteiger charge is 2.49. The molecule has 0 amide bonds. The topological polar surface area (TPSA) is 115 Å². The summed E-state index contributed by atoms with van der Waals surface area (Å²) in [6.45, 7) is 5.79. The minimum Gasteiger partial charge on any atom is -0.515 e. The summed E-state index contributed by atoms with van der Waals surface area (Å²) in [6.07, 6.45) is 8.91. The van der Waals surface area contributed by atoms with E-state index in [0.29, 0.717) is 46.8 Å². The summed E-state index contributed by atoms with van der Waals surface area (Å²) in [5.41, 5.74) is 2.66. The van der Waals surface area contributed by atoms with Crippen LogP contribution in [0.4, 0.5) is 5.69 Å². The molecular weight excluding hydrogens is 478 g/mol. The number of carboxylic acids is 1. The summed E-state index contributed by atoms with van der Waals surface area (Å²) in [4.78, 5) is 12.1. The molecule has 0 bridgehead atoms. The first kappa shape index (κ1) is 26.2. The molecule has 0 saturated carbocycles. The van der Waals surface area contributed by atoms with E-state index in [4.69, 9.17) is 11.6 Å². The Kier molecular flexibility index (Phi) is 7.75. The monoisotopic (exact) mass is 508 g/mol. The van der Waals surface area contributed by atoms with Gasteiger partial charge in [0.25, 0.3) is 16.2 Å². The second-order valence-electron chi connectivity index (χ2n) is 9.21. The van der Waals surface area contributed by atoms with Gasteiger partial charge in [0, 0.05) is 29.7 Å². The summed E-state index contributed by atoms with van der Waals surface area (Å²) in [5, 5.41) is 20.0. The van der Waals surface area contributed by atoms with Crippen molar-refractivity contribution in [3.63, 3.8) is 0 Å². The molecule has 1 heterocycles. The van der Waals surface area contributed by atoms with Crippen LogP contribution in [0, 0.1) is 0 Å². The first-order valence-electron chi connectivity index (χ1n) is 11.3. The fraction of sp³-hybridized carbons (Fsp3) is 0.440. The lowest BCUT2D eigenvalue weighted by Crippen LogP contribution is -2.36. The molecule has 1 aliphatic carbocycles. The summed E-state index contributed by atoms with van der Waals surface area (Å²) in [5.74, 6) is -0.970. The first-order chi connectivity index (χ1) is 15.9. The van der Waals surface area contributed by atoms with E-state index >= 15 is 0 Å². The molecule has 1 atom stereocenters. The lowest BCUT2D eigenvalue weighted by Gasteiger charge is -2.18. The van der Waals surface area contributed by atoms with Gasteiger partial charge in [-0.1, -0.05) is 31.0 Å². The standard InChI is InChI=1S/C25H30ClNO6S/c1-4-5-9-21(24(29)30)27-20-12-11-18(34(31,32)33)14-19(20)25(2,3)22(27)13-10-16-7-6-8-17(15-28)23(16)26/h10-15,21H,4-9H2,1-3H3,(H2,29,30,31,32,33)/p+1. The van der Waals surface area contributed by atoms with Crippen LogP contribution < -0.4 is 0 Å². The Morgan fingerprint density at radius 2 is 1.97 bits per heavy atom. The number of carbonyl (C=O) groups is 1. The van der Waals surface area contributed by atoms with Crippen LogP contribution in [0.5, 0.6) is 0 Å². The van der Waals surface area contributed by atoms with Crippen LogP contribution in [-0.4, -0.2) is 45.5 Å². The number of unbranched alkanes of at least 4 members (excludes halogenated alkanes) is 1. The van der Waals surface area contributed by atoms with Crippen molar-refractivity contribution in [1.82, 2.24) is 0 Å². The molecule has 0 aromatic heterocycles. The zero-order valence-corrected chi connectivity index (χ0v) is 21.2. The third-order valence-electron chi connectivity index (χ3n) is 6.58. The van der Waals surface area contributed by atoms with E-state index in [2.05, 4.69) is 0 Å². The summed E-state index contributed by atoms with van der Waals surface area (Å²) >= 11 is 6.47. The van der Waals surface area contributed by atoms with Gasteiger partial charge in [0.15, 0.2) is 5.71 Å². The van der Waals surface area contributed by atoms with Crippen LogP contribution in [-0.2, 0) is 20.3 Å². The Balaban J connectivity index is 2.23. The number of aliphatic hydroxyl groups excluding tert-OH is 1. The molecule has 0 spiro atoms. The van der Waals surface area contributed by atoms with Crippen molar-refractivity contribution in [3.8, 4) is 0 Å². The number of halogens is 1. The third kappa shape index (κ3) is 4.99. The number of rotatable bonds is 8. The van der Waals surface area contributed by atoms with Crippen molar-refractivity contribution in [2.75, 3.05) is 0 Å². The number of nitrogens with zero attached hydrogens (tertiary/aromatic N) is 1. The largest absolute Gasteiger partial charge is 0.515 e. The molecule has 1 unspecified atom stereocenters. The molecule has 9 heteroatoms. The number of aliphatic carboxylic acids is 1. The molecule has 3 N–H and O–H groups in total. The zero-order valence-electron chi connectivity index (χ0n) is 19.6. The Hall–Kier alpha value is -2.42. The molecule has 1 aromatic rings. The van der Waals surface area contributed by atoms with Gasteiger partial charge < -0.3 is 10.2 Å². The van der Waals surface area contributed by atoms with Gasteiger partial charge in [0.2, 0.25) is 5.69 Å². The molecule has 7 nitrogen and oxygen atoms in total. The Labute approximate surface area is 205 Å². The van der Waals surface area contributed by atoms with Crippen molar-refractivity contribution >= 4 is 39.1 Å². The second-order valence-corrected chi connectivity index (χ2v) is 11.0. The Morgan fingerprint density at radius 1 is 1.26 bits per heavy atom. The summed E-state index contributed by atoms with van der Waals surface area (Å²) in [6, 6.07) is 3.42. The average molecular weight is 509 g/mol. The number of allylic oxidation sites excluding steroid dienone is 5. The molecule has 0 radical (unpaired) electrons. The summed E-state index contributed by atoms with van der Waals surface area (Å²) in [7, 11) is -4.42. The van der Waals surface area contributed by atoms with Gasteiger partial charge in [0.05, 0.1) is 21.6 Å². The molecule has 184 valence electrons. The van der Waals surface area contributed by atoms with Crippen LogP contribution >= 0.6 is 11.6 Å². The number of hydrogen-bond acceptors (Lipinski definition) is 4. The lowest BCUT2D eigenvalue weighted by molar-refractivity contribution is -0.471. The predicted octanol–water partition coefficient (Wildman–Crippen LogP) is 5.63. The molecule has 2 aliphatic rings. The fourth-order valence-electron chi connectivity index (χ4n) is 4.69. The highest BCUT2D eigenvalue weighted by Crippen LogP contribution is 2.43. The molecular formula is C25H31ClNO6S+. The highest BCUT2D eigenvalue weighted by atomic mass is 35.5. The second kappa shape index (κ2) is 10.1. The fourth-order valence-corrected chi connectivity index (χ4v) is 5.50. The van der Waals surface area contributed by atoms with Crippen LogP contribution in [0.25, 0.3) is 0 Å². The van der Waals surface area contributed by atoms with E-state index in [1.807, 2.05) is 32.9 Å². The van der Waals surface area contributed by atoms with Crippen molar-refractivity contribution in [3.05, 3.63) is 58.4 Å². The van der Waals surface area contributed by atoms with E-state index in [0.717, 1.165) is 31.1 Å². The normalized spacial score (nSPS) is 20.3. The molecule has 0 saturated heterocycles. The predicted molar refractivity (Wildman–Crippen MR) is 132 cm³/mol. The van der Waals surface area contributed by atoms with E-state index in [9.17, 15) is 28.0 Å². The number of hydrogen-bond donors (Lipinski definition) is 3. The van der Waals surface area contributed by atoms with Gasteiger partial charge in [0.1, 0.15) is 0 Å². The number of fused-ring (bicyclic) bond motifs is 1. The number of benzene rings is 1. The lowest BCUT2D eigenvalue weighted by atomic mass is 9.81. The first-order valence-corrected chi connectivity index (χ1v) is 13.2. The van der Waals surface area contributed by atoms with Gasteiger partial charge in [-0.25, -0.2) is 4.79 Å². The molecule has 0 fully saturated rings. The maximum Gasteiger partial charge on any atom is 0.373 e. The Morgan fingerprint density at radius 3 is 2.56 bits per heavy atom. The van der Waals surface area contributed by atoms with Crippen molar-refractivity contribution in [1.29, 1.82) is 0 Å². The molecule has 1 aliphatic heterocycles. The van der Waals surface area contributed by atoms with Gasteiger partial charge in [-0.15, -0.1) is 0 Å². The average Bonchev–Trinajstić information content (AvgIpc) is 2.99. The smallest absolute Gasteiger partial charge is 0.373 e. The molecule has 1 aromatic carbocycles. The highest BCUT2D eigenvalue weighted by molar-refractivity contribution is 7.85. The van der Waals surface area contributed by atoms with Gasteiger partial charge >= 0.3 is 5.97 Å². The summed E-state index contributed by atoms with van der Waals surface area (Å²) < 4.78 is 34.9. The zero-order chi connectivity index (χ0) is 25.3. The van der Waals surface area contributed by atoms with Crippen molar-refractivity contribution in [2.45, 2.75) is 75.6 Å². The molecule has 34 heavy (non-hydrogen) atoms. The maximum atomic E-state index is 12.3. The van der Waals surface area contributed by atoms with Gasteiger partial charge in [-0.05, 0) is 57.2 Å². The maximum absolute atomic E-state index is 12.3. The van der Waals surface area contributed by atoms with Crippen LogP contribution in [0.1, 0.15) is 64.9 Å². The van der Waals surface area contributed by atoms with Crippen molar-refractivity contribution in [2.24, 2.45) is 0 Å². The van der Waals surface area contributed by atoms with E-state index < -0.39 is 27.5 Å². The van der Waals surface area contributed by atoms with E-state index in [1.165, 1.54) is 12.1 Å². The van der Waals surface area contributed by atoms with Crippen LogP contribution in [0.15, 0.2) is 57.7 Å². The third-order valence-corrected chi connectivity index (χ3v) is 7.92. The van der Waals surface area contributed by atoms with Crippen LogP contribution in [0.2, 0.25) is 0 Å². The van der Waals surface area contributed by atoms with E-state index in [-0.39, 0.29) is 4.90 Å². The number of aliphatic hydroxyl groups is 1. The van der Waals surface area contributed by atoms with Crippen molar-refractivity contribution < 1.29 is 32.6 Å².